The minimum Gasteiger partial charge on any atom is -0.481 e. The van der Waals surface area contributed by atoms with Crippen LogP contribution in [-0.4, -0.2) is 29.5 Å². The van der Waals surface area contributed by atoms with Gasteiger partial charge in [-0.05, 0) is 29.3 Å². The number of allylic oxidation sites excluding steroid dienone is 1. The standard InChI is InChI=1S/C21H14F3N3O4/c22-12-3-10(4-13(23)20(12)24)8-27-14-2-1-11(5-17(30)31)21(26-9-28)19(14)18-15(27)6-25-7-16(18)29/h1-4,6-7,9,18H,5,8H2,(H,26,28)(H,30,31). The molecule has 0 fully saturated rings. The van der Waals surface area contributed by atoms with E-state index < -0.39 is 41.5 Å². The molecule has 0 spiro atoms. The van der Waals surface area contributed by atoms with E-state index in [4.69, 9.17) is 0 Å². The second-order valence-electron chi connectivity index (χ2n) is 6.99. The topological polar surface area (TPSA) is 99.1 Å². The van der Waals surface area contributed by atoms with E-state index in [-0.39, 0.29) is 23.4 Å². The Balaban J connectivity index is 1.87. The number of hydrogen-bond donors (Lipinski definition) is 2. The number of rotatable bonds is 6. The number of aliphatic imine (C=N–C) groups is 1. The molecule has 4 rings (SSSR count). The Morgan fingerprint density at radius 2 is 1.94 bits per heavy atom. The number of nitrogens with one attached hydrogen (secondary N) is 1. The van der Waals surface area contributed by atoms with Gasteiger partial charge in [0.2, 0.25) is 6.41 Å². The summed E-state index contributed by atoms with van der Waals surface area (Å²) < 4.78 is 40.8. The zero-order valence-electron chi connectivity index (χ0n) is 15.7. The summed E-state index contributed by atoms with van der Waals surface area (Å²) in [6.07, 6.45) is 2.49. The third-order valence-electron chi connectivity index (χ3n) is 5.12. The van der Waals surface area contributed by atoms with Crippen LogP contribution in [0.5, 0.6) is 0 Å². The first-order valence-electron chi connectivity index (χ1n) is 9.07. The van der Waals surface area contributed by atoms with Crippen molar-refractivity contribution in [2.24, 2.45) is 4.99 Å². The Morgan fingerprint density at radius 3 is 2.58 bits per heavy atom. The summed E-state index contributed by atoms with van der Waals surface area (Å²) in [7, 11) is 0. The number of hydrogen-bond acceptors (Lipinski definition) is 5. The molecule has 2 aliphatic rings. The van der Waals surface area contributed by atoms with Crippen LogP contribution in [0.2, 0.25) is 0 Å². The number of Topliss-reactive ketones (excluding diaryl/α,β-unsaturated/α-hetero) is 1. The van der Waals surface area contributed by atoms with E-state index in [9.17, 15) is 32.7 Å². The molecule has 0 bridgehead atoms. The largest absolute Gasteiger partial charge is 0.481 e. The zero-order chi connectivity index (χ0) is 22.3. The van der Waals surface area contributed by atoms with Crippen LogP contribution in [0, 0.1) is 17.5 Å². The van der Waals surface area contributed by atoms with Crippen molar-refractivity contribution >= 4 is 35.8 Å². The van der Waals surface area contributed by atoms with Crippen LogP contribution < -0.4 is 10.2 Å². The molecule has 2 aromatic rings. The van der Waals surface area contributed by atoms with Crippen LogP contribution in [0.15, 0.2) is 41.2 Å². The van der Waals surface area contributed by atoms with Gasteiger partial charge >= 0.3 is 5.97 Å². The molecule has 7 nitrogen and oxygen atoms in total. The molecule has 1 unspecified atom stereocenters. The number of fused-ring (bicyclic) bond motifs is 3. The van der Waals surface area contributed by atoms with Crippen LogP contribution >= 0.6 is 0 Å². The van der Waals surface area contributed by atoms with Gasteiger partial charge in [-0.3, -0.25) is 19.4 Å². The summed E-state index contributed by atoms with van der Waals surface area (Å²) in [5, 5.41) is 11.7. The van der Waals surface area contributed by atoms with Crippen LogP contribution in [-0.2, 0) is 27.3 Å². The third kappa shape index (κ3) is 3.45. The van der Waals surface area contributed by atoms with E-state index >= 15 is 0 Å². The average molecular weight is 429 g/mol. The fourth-order valence-corrected chi connectivity index (χ4v) is 3.92. The molecule has 1 atom stereocenters. The highest BCUT2D eigenvalue weighted by atomic mass is 19.2. The van der Waals surface area contributed by atoms with E-state index in [1.54, 1.807) is 11.0 Å². The molecule has 2 aromatic carbocycles. The number of halogens is 3. The lowest BCUT2D eigenvalue weighted by Crippen LogP contribution is -2.25. The first kappa shape index (κ1) is 20.3. The van der Waals surface area contributed by atoms with Crippen LogP contribution in [0.4, 0.5) is 24.5 Å². The molecule has 0 saturated carbocycles. The Bertz CT molecular complexity index is 1170. The van der Waals surface area contributed by atoms with Crippen LogP contribution in [0.1, 0.15) is 22.6 Å². The van der Waals surface area contributed by atoms with Crippen molar-refractivity contribution in [1.29, 1.82) is 0 Å². The fraction of sp³-hybridized carbons (Fsp3) is 0.143. The number of carbonyl (C=O) groups is 3. The van der Waals surface area contributed by atoms with Crippen molar-refractivity contribution in [2.45, 2.75) is 18.9 Å². The maximum Gasteiger partial charge on any atom is 0.307 e. The second kappa shape index (κ2) is 7.71. The molecule has 2 heterocycles. The van der Waals surface area contributed by atoms with Gasteiger partial charge in [-0.2, -0.15) is 0 Å². The van der Waals surface area contributed by atoms with Gasteiger partial charge in [0.1, 0.15) is 0 Å². The van der Waals surface area contributed by atoms with Crippen molar-refractivity contribution < 1.29 is 32.7 Å². The van der Waals surface area contributed by atoms with Crippen molar-refractivity contribution in [1.82, 2.24) is 0 Å². The Labute approximate surface area is 173 Å². The maximum absolute atomic E-state index is 13.7. The van der Waals surface area contributed by atoms with Gasteiger partial charge in [0, 0.05) is 24.0 Å². The maximum atomic E-state index is 13.7. The van der Waals surface area contributed by atoms with Crippen LogP contribution in [0.3, 0.4) is 0 Å². The van der Waals surface area contributed by atoms with Gasteiger partial charge in [-0.15, -0.1) is 0 Å². The molecule has 0 saturated heterocycles. The summed E-state index contributed by atoms with van der Waals surface area (Å²) in [6, 6.07) is 4.75. The third-order valence-corrected chi connectivity index (χ3v) is 5.12. The molecule has 0 radical (unpaired) electrons. The highest BCUT2D eigenvalue weighted by Crippen LogP contribution is 2.50. The monoisotopic (exact) mass is 429 g/mol. The quantitative estimate of drug-likeness (QED) is 0.544. The molecule has 1 amide bonds. The molecule has 10 heteroatoms. The highest BCUT2D eigenvalue weighted by Gasteiger charge is 2.41. The van der Waals surface area contributed by atoms with E-state index in [1.165, 1.54) is 12.3 Å². The fourth-order valence-electron chi connectivity index (χ4n) is 3.92. The lowest BCUT2D eigenvalue weighted by Gasteiger charge is -2.23. The number of carbonyl (C=O) groups excluding carboxylic acids is 2. The number of ketones is 1. The zero-order valence-corrected chi connectivity index (χ0v) is 15.7. The highest BCUT2D eigenvalue weighted by molar-refractivity contribution is 6.33. The SMILES string of the molecule is O=CNc1c(CC(=O)O)ccc2c1C1C(=O)C=NC=C1N2Cc1cc(F)c(F)c(F)c1. The van der Waals surface area contributed by atoms with Gasteiger partial charge in [-0.25, -0.2) is 13.2 Å². The molecule has 2 N–H and O–H groups in total. The minimum absolute atomic E-state index is 0.102. The second-order valence-corrected chi connectivity index (χ2v) is 6.99. The van der Waals surface area contributed by atoms with Crippen LogP contribution in [0.25, 0.3) is 0 Å². The van der Waals surface area contributed by atoms with Crippen molar-refractivity contribution in [3.05, 3.63) is 70.3 Å². The summed E-state index contributed by atoms with van der Waals surface area (Å²) in [4.78, 5) is 40.6. The Hall–Kier alpha value is -3.95. The lowest BCUT2D eigenvalue weighted by atomic mass is 9.90. The molecule has 0 aliphatic carbocycles. The molecule has 31 heavy (non-hydrogen) atoms. The molecular formula is C21H14F3N3O4. The lowest BCUT2D eigenvalue weighted by molar-refractivity contribution is -0.136. The minimum atomic E-state index is -1.59. The van der Waals surface area contributed by atoms with Crippen molar-refractivity contribution in [3.63, 3.8) is 0 Å². The summed E-state index contributed by atoms with van der Waals surface area (Å²) >= 11 is 0. The summed E-state index contributed by atoms with van der Waals surface area (Å²) in [6.45, 7) is -0.120. The first-order valence-corrected chi connectivity index (χ1v) is 9.07. The molecule has 158 valence electrons. The first-order chi connectivity index (χ1) is 14.8. The Kier molecular flexibility index (Phi) is 5.05. The smallest absolute Gasteiger partial charge is 0.307 e. The number of carboxylic acid groups (broad SMARTS) is 1. The van der Waals surface area contributed by atoms with Gasteiger partial charge < -0.3 is 15.3 Å². The van der Waals surface area contributed by atoms with Gasteiger partial charge in [-0.1, -0.05) is 6.07 Å². The molecule has 2 aliphatic heterocycles. The van der Waals surface area contributed by atoms with Crippen molar-refractivity contribution in [2.75, 3.05) is 10.2 Å². The molecular weight excluding hydrogens is 415 g/mol. The van der Waals surface area contributed by atoms with E-state index in [0.29, 0.717) is 23.4 Å². The number of anilines is 2. The predicted octanol–water partition coefficient (Wildman–Crippen LogP) is 2.90. The number of carboxylic acids is 1. The van der Waals surface area contributed by atoms with E-state index in [2.05, 4.69) is 10.3 Å². The number of nitrogens with zero attached hydrogens (tertiary/aromatic N) is 2. The van der Waals surface area contributed by atoms with Crippen molar-refractivity contribution in [3.8, 4) is 0 Å². The van der Waals surface area contributed by atoms with E-state index in [1.807, 2.05) is 0 Å². The van der Waals surface area contributed by atoms with Gasteiger partial charge in [0.25, 0.3) is 0 Å². The van der Waals surface area contributed by atoms with E-state index in [0.717, 1.165) is 18.3 Å². The summed E-state index contributed by atoms with van der Waals surface area (Å²) in [5.74, 6) is -6.71. The van der Waals surface area contributed by atoms with Gasteiger partial charge in [0.05, 0.1) is 29.9 Å². The number of aliphatic carboxylic acids is 1. The molecule has 0 aromatic heterocycles. The number of amides is 1. The average Bonchev–Trinajstić information content (AvgIpc) is 3.02. The predicted molar refractivity (Wildman–Crippen MR) is 104 cm³/mol. The number of benzene rings is 2. The normalized spacial score (nSPS) is 16.6. The summed E-state index contributed by atoms with van der Waals surface area (Å²) in [5.41, 5.74) is 1.73. The Morgan fingerprint density at radius 1 is 1.23 bits per heavy atom. The van der Waals surface area contributed by atoms with Gasteiger partial charge in [0.15, 0.2) is 23.2 Å².